The number of nitrogens with zero attached hydrogens (tertiary/aromatic N) is 4. The Kier molecular flexibility index (Phi) is 4.73. The van der Waals surface area contributed by atoms with Crippen LogP contribution in [0.4, 0.5) is 10.2 Å². The van der Waals surface area contributed by atoms with Gasteiger partial charge in [-0.1, -0.05) is 13.0 Å². The second-order valence-corrected chi connectivity index (χ2v) is 6.19. The Labute approximate surface area is 135 Å². The first-order valence-corrected chi connectivity index (χ1v) is 8.16. The van der Waals surface area contributed by atoms with E-state index in [2.05, 4.69) is 26.7 Å². The molecular weight excluding hydrogens is 295 g/mol. The third-order valence-electron chi connectivity index (χ3n) is 4.47. The maximum Gasteiger partial charge on any atom is 0.149 e. The van der Waals surface area contributed by atoms with Gasteiger partial charge in [0, 0.05) is 37.6 Å². The maximum atomic E-state index is 13.9. The van der Waals surface area contributed by atoms with Crippen molar-refractivity contribution >= 4 is 16.7 Å². The lowest BCUT2D eigenvalue weighted by Crippen LogP contribution is -2.54. The monoisotopic (exact) mass is 318 g/mol. The molecule has 6 heteroatoms. The Morgan fingerprint density at radius 3 is 2.91 bits per heavy atom. The van der Waals surface area contributed by atoms with Gasteiger partial charge in [-0.25, -0.2) is 14.4 Å². The van der Waals surface area contributed by atoms with Crippen LogP contribution in [0.5, 0.6) is 0 Å². The van der Waals surface area contributed by atoms with E-state index in [0.29, 0.717) is 18.1 Å². The molecule has 1 fully saturated rings. The summed E-state index contributed by atoms with van der Waals surface area (Å²) in [5.74, 6) is 0.482. The van der Waals surface area contributed by atoms with Crippen LogP contribution in [0, 0.1) is 5.82 Å². The highest BCUT2D eigenvalue weighted by molar-refractivity contribution is 5.89. The molecule has 2 heterocycles. The van der Waals surface area contributed by atoms with E-state index in [1.807, 2.05) is 13.0 Å². The number of anilines is 1. The van der Waals surface area contributed by atoms with Crippen LogP contribution in [0.1, 0.15) is 20.3 Å². The van der Waals surface area contributed by atoms with Crippen molar-refractivity contribution in [2.75, 3.05) is 31.1 Å². The topological polar surface area (TPSA) is 52.5 Å². The first-order valence-electron chi connectivity index (χ1n) is 8.16. The lowest BCUT2D eigenvalue weighted by atomic mass is 10.1. The van der Waals surface area contributed by atoms with E-state index in [9.17, 15) is 9.50 Å². The number of piperazine rings is 1. The number of benzene rings is 1. The average molecular weight is 318 g/mol. The molecule has 0 saturated carbocycles. The molecule has 23 heavy (non-hydrogen) atoms. The highest BCUT2D eigenvalue weighted by Crippen LogP contribution is 2.27. The first-order chi connectivity index (χ1) is 11.1. The third-order valence-corrected chi connectivity index (χ3v) is 4.47. The summed E-state index contributed by atoms with van der Waals surface area (Å²) >= 11 is 0. The highest BCUT2D eigenvalue weighted by atomic mass is 19.1. The maximum absolute atomic E-state index is 13.9. The summed E-state index contributed by atoms with van der Waals surface area (Å²) in [5.41, 5.74) is 0.372. The van der Waals surface area contributed by atoms with Crippen LogP contribution in [0.3, 0.4) is 0 Å². The van der Waals surface area contributed by atoms with Crippen LogP contribution >= 0.6 is 0 Å². The largest absolute Gasteiger partial charge is 0.392 e. The molecule has 2 unspecified atom stereocenters. The fraction of sp³-hybridized carbons (Fsp3) is 0.529. The molecule has 1 aromatic heterocycles. The predicted molar refractivity (Wildman–Crippen MR) is 89.0 cm³/mol. The van der Waals surface area contributed by atoms with Crippen LogP contribution in [0.15, 0.2) is 24.5 Å². The summed E-state index contributed by atoms with van der Waals surface area (Å²) < 4.78 is 13.9. The van der Waals surface area contributed by atoms with Gasteiger partial charge in [0.2, 0.25) is 0 Å². The van der Waals surface area contributed by atoms with E-state index in [1.165, 1.54) is 12.4 Å². The normalized spacial score (nSPS) is 20.9. The van der Waals surface area contributed by atoms with E-state index in [0.717, 1.165) is 37.3 Å². The smallest absolute Gasteiger partial charge is 0.149 e. The Morgan fingerprint density at radius 2 is 2.17 bits per heavy atom. The van der Waals surface area contributed by atoms with Crippen LogP contribution in [0.2, 0.25) is 0 Å². The average Bonchev–Trinajstić information content (AvgIpc) is 2.55. The Bertz CT molecular complexity index is 679. The zero-order valence-corrected chi connectivity index (χ0v) is 13.6. The molecule has 124 valence electrons. The number of aliphatic hydroxyl groups excluding tert-OH is 1. The van der Waals surface area contributed by atoms with Gasteiger partial charge in [-0.15, -0.1) is 0 Å². The molecule has 0 bridgehead atoms. The van der Waals surface area contributed by atoms with Gasteiger partial charge in [-0.05, 0) is 25.5 Å². The standard InChI is InChI=1S/C17H23FN4O/c1-3-13-10-22(8-7-21(13)9-12(2)23)17-14-5-4-6-15(18)16(14)19-11-20-17/h4-6,11-13,23H,3,7-10H2,1-2H3. The molecule has 0 spiro atoms. The number of β-amino-alcohol motifs (C(OH)–C–C–N with tert-alkyl or cyclic N) is 1. The third kappa shape index (κ3) is 3.28. The Balaban J connectivity index is 1.87. The van der Waals surface area contributed by atoms with Gasteiger partial charge in [0.05, 0.1) is 6.10 Å². The molecule has 2 atom stereocenters. The summed E-state index contributed by atoms with van der Waals surface area (Å²) in [4.78, 5) is 13.0. The number of fused-ring (bicyclic) bond motifs is 1. The minimum Gasteiger partial charge on any atom is -0.392 e. The molecule has 1 saturated heterocycles. The molecule has 1 aliphatic heterocycles. The summed E-state index contributed by atoms with van der Waals surface area (Å²) in [7, 11) is 0. The number of aromatic nitrogens is 2. The van der Waals surface area contributed by atoms with Crippen LogP contribution in [-0.2, 0) is 0 Å². The summed E-state index contributed by atoms with van der Waals surface area (Å²) in [6, 6.07) is 5.36. The molecule has 0 aliphatic carbocycles. The minimum absolute atomic E-state index is 0.314. The second-order valence-electron chi connectivity index (χ2n) is 6.19. The van der Waals surface area contributed by atoms with Gasteiger partial charge in [-0.3, -0.25) is 4.90 Å². The molecule has 1 N–H and O–H groups in total. The number of halogens is 1. The van der Waals surface area contributed by atoms with Gasteiger partial charge < -0.3 is 10.0 Å². The predicted octanol–water partition coefficient (Wildman–Crippen LogP) is 2.05. The van der Waals surface area contributed by atoms with Gasteiger partial charge in [0.1, 0.15) is 23.5 Å². The van der Waals surface area contributed by atoms with Gasteiger partial charge >= 0.3 is 0 Å². The summed E-state index contributed by atoms with van der Waals surface area (Å²) in [6.07, 6.45) is 2.11. The SMILES string of the molecule is CCC1CN(c2ncnc3c(F)cccc23)CCN1CC(C)O. The van der Waals surface area contributed by atoms with Crippen molar-refractivity contribution in [3.8, 4) is 0 Å². The van der Waals surface area contributed by atoms with Crippen LogP contribution < -0.4 is 4.90 Å². The molecular formula is C17H23FN4O. The zero-order chi connectivity index (χ0) is 16.4. The number of hydrogen-bond acceptors (Lipinski definition) is 5. The zero-order valence-electron chi connectivity index (χ0n) is 13.6. The lowest BCUT2D eigenvalue weighted by molar-refractivity contribution is 0.0885. The van der Waals surface area contributed by atoms with Crippen LogP contribution in [0.25, 0.3) is 10.9 Å². The van der Waals surface area contributed by atoms with Crippen molar-refractivity contribution in [2.45, 2.75) is 32.4 Å². The molecule has 1 aromatic carbocycles. The number of hydrogen-bond donors (Lipinski definition) is 1. The number of para-hydroxylation sites is 1. The van der Waals surface area contributed by atoms with Crippen molar-refractivity contribution < 1.29 is 9.50 Å². The molecule has 0 radical (unpaired) electrons. The van der Waals surface area contributed by atoms with Crippen molar-refractivity contribution in [3.05, 3.63) is 30.3 Å². The molecule has 0 amide bonds. The van der Waals surface area contributed by atoms with Gasteiger partial charge in [0.15, 0.2) is 0 Å². The fourth-order valence-corrected chi connectivity index (χ4v) is 3.34. The van der Waals surface area contributed by atoms with E-state index in [1.54, 1.807) is 6.07 Å². The Hall–Kier alpha value is -1.79. The highest BCUT2D eigenvalue weighted by Gasteiger charge is 2.28. The number of rotatable bonds is 4. The molecule has 1 aliphatic rings. The first kappa shape index (κ1) is 16.1. The second kappa shape index (κ2) is 6.76. The van der Waals surface area contributed by atoms with Crippen molar-refractivity contribution in [1.29, 1.82) is 0 Å². The van der Waals surface area contributed by atoms with Crippen molar-refractivity contribution in [2.24, 2.45) is 0 Å². The quantitative estimate of drug-likeness (QED) is 0.935. The van der Waals surface area contributed by atoms with E-state index >= 15 is 0 Å². The van der Waals surface area contributed by atoms with Crippen molar-refractivity contribution in [3.63, 3.8) is 0 Å². The lowest BCUT2D eigenvalue weighted by Gasteiger charge is -2.42. The number of aliphatic hydroxyl groups is 1. The molecule has 5 nitrogen and oxygen atoms in total. The van der Waals surface area contributed by atoms with Gasteiger partial charge in [0.25, 0.3) is 0 Å². The molecule has 3 rings (SSSR count). The minimum atomic E-state index is -0.329. The molecule has 2 aromatic rings. The summed E-state index contributed by atoms with van der Waals surface area (Å²) in [6.45, 7) is 7.16. The van der Waals surface area contributed by atoms with Gasteiger partial charge in [-0.2, -0.15) is 0 Å². The van der Waals surface area contributed by atoms with Crippen molar-refractivity contribution in [1.82, 2.24) is 14.9 Å². The summed E-state index contributed by atoms with van der Waals surface area (Å²) in [5, 5.41) is 10.4. The van der Waals surface area contributed by atoms with Crippen LogP contribution in [-0.4, -0.2) is 58.3 Å². The van der Waals surface area contributed by atoms with E-state index in [4.69, 9.17) is 0 Å². The van der Waals surface area contributed by atoms with E-state index in [-0.39, 0.29) is 11.9 Å². The van der Waals surface area contributed by atoms with E-state index < -0.39 is 0 Å². The Morgan fingerprint density at radius 1 is 1.35 bits per heavy atom. The fourth-order valence-electron chi connectivity index (χ4n) is 3.34.